The van der Waals surface area contributed by atoms with E-state index in [0.717, 1.165) is 17.6 Å². The van der Waals surface area contributed by atoms with Crippen molar-refractivity contribution in [3.8, 4) is 0 Å². The number of rotatable bonds is 6. The molecule has 0 N–H and O–H groups in total. The lowest BCUT2D eigenvalue weighted by Gasteiger charge is -2.09. The van der Waals surface area contributed by atoms with Gasteiger partial charge in [0.2, 0.25) is 0 Å². The van der Waals surface area contributed by atoms with Gasteiger partial charge in [-0.3, -0.25) is 0 Å². The topological polar surface area (TPSA) is 0 Å². The maximum atomic E-state index is 13.4. The normalized spacial score (nSPS) is 10.6. The monoisotopic (exact) mass is 272 g/mol. The zero-order valence-electron chi connectivity index (χ0n) is 10.8. The lowest BCUT2D eigenvalue weighted by Crippen LogP contribution is -2.03. The summed E-state index contributed by atoms with van der Waals surface area (Å²) in [5.74, 6) is -5.40. The summed E-state index contributed by atoms with van der Waals surface area (Å²) in [6.07, 6.45) is 1.56. The van der Waals surface area contributed by atoms with E-state index in [9.17, 15) is 17.6 Å². The van der Waals surface area contributed by atoms with Crippen LogP contribution in [0, 0.1) is 23.3 Å². The van der Waals surface area contributed by atoms with Gasteiger partial charge in [0.15, 0.2) is 23.3 Å². The molecule has 0 fully saturated rings. The third-order valence-electron chi connectivity index (χ3n) is 2.84. The van der Waals surface area contributed by atoms with Crippen molar-refractivity contribution in [2.24, 2.45) is 0 Å². The van der Waals surface area contributed by atoms with Gasteiger partial charge < -0.3 is 0 Å². The second-order valence-corrected chi connectivity index (χ2v) is 4.65. The van der Waals surface area contributed by atoms with Crippen LogP contribution in [0.2, 0.25) is 0 Å². The summed E-state index contributed by atoms with van der Waals surface area (Å²) in [6, 6.07) is 0.212. The van der Waals surface area contributed by atoms with Crippen LogP contribution < -0.4 is 0 Å². The quantitative estimate of drug-likeness (QED) is 0.384. The molecule has 0 bridgehead atoms. The Morgan fingerprint density at radius 2 is 1.47 bits per heavy atom. The summed E-state index contributed by atoms with van der Waals surface area (Å²) in [4.78, 5) is 0. The van der Waals surface area contributed by atoms with Crippen LogP contribution in [0.15, 0.2) is 30.4 Å². The lowest BCUT2D eigenvalue weighted by molar-refractivity contribution is 0.438. The van der Waals surface area contributed by atoms with Crippen molar-refractivity contribution in [1.82, 2.24) is 0 Å². The number of benzene rings is 1. The Kier molecular flexibility index (Phi) is 5.33. The fraction of sp³-hybridized carbons (Fsp3) is 0.333. The summed E-state index contributed by atoms with van der Waals surface area (Å²) in [5, 5.41) is 0. The molecular formula is C15H16F4. The average Bonchev–Trinajstić information content (AvgIpc) is 2.34. The minimum Gasteiger partial charge on any atom is -0.204 e. The molecule has 0 amide bonds. The molecule has 0 unspecified atom stereocenters. The second-order valence-electron chi connectivity index (χ2n) is 4.65. The molecule has 0 nitrogen and oxygen atoms in total. The van der Waals surface area contributed by atoms with Crippen molar-refractivity contribution < 1.29 is 17.6 Å². The lowest BCUT2D eigenvalue weighted by atomic mass is 10.00. The molecule has 0 heterocycles. The minimum absolute atomic E-state index is 0.110. The van der Waals surface area contributed by atoms with Crippen molar-refractivity contribution >= 4 is 0 Å². The summed E-state index contributed by atoms with van der Waals surface area (Å²) in [6.45, 7) is 9.38. The van der Waals surface area contributed by atoms with Crippen molar-refractivity contribution in [1.29, 1.82) is 0 Å². The molecule has 0 radical (unpaired) electrons. The van der Waals surface area contributed by atoms with Crippen LogP contribution in [0.4, 0.5) is 17.6 Å². The van der Waals surface area contributed by atoms with Gasteiger partial charge in [0.05, 0.1) is 0 Å². The van der Waals surface area contributed by atoms with Crippen LogP contribution in [0.1, 0.15) is 31.7 Å². The van der Waals surface area contributed by atoms with Crippen LogP contribution in [0.25, 0.3) is 0 Å². The van der Waals surface area contributed by atoms with Crippen LogP contribution in [0.5, 0.6) is 0 Å². The molecule has 19 heavy (non-hydrogen) atoms. The van der Waals surface area contributed by atoms with Gasteiger partial charge in [0, 0.05) is 11.6 Å². The summed E-state index contributed by atoms with van der Waals surface area (Å²) >= 11 is 0. The predicted octanol–water partition coefficient (Wildman–Crippen LogP) is 5.09. The molecule has 0 aliphatic carbocycles. The highest BCUT2D eigenvalue weighted by Crippen LogP contribution is 2.22. The highest BCUT2D eigenvalue weighted by molar-refractivity contribution is 5.23. The molecule has 0 aliphatic heterocycles. The molecule has 1 aromatic carbocycles. The van der Waals surface area contributed by atoms with Gasteiger partial charge in [-0.2, -0.15) is 0 Å². The number of allylic oxidation sites excluding steroid dienone is 2. The maximum Gasteiger partial charge on any atom is 0.165 e. The van der Waals surface area contributed by atoms with Crippen LogP contribution in [-0.4, -0.2) is 0 Å². The van der Waals surface area contributed by atoms with E-state index in [-0.39, 0.29) is 18.9 Å². The van der Waals surface area contributed by atoms with Gasteiger partial charge in [0.1, 0.15) is 0 Å². The molecule has 104 valence electrons. The smallest absolute Gasteiger partial charge is 0.165 e. The molecule has 0 aliphatic rings. The number of hydrogen-bond acceptors (Lipinski definition) is 0. The van der Waals surface area contributed by atoms with Gasteiger partial charge in [-0.1, -0.05) is 17.7 Å². The Balaban J connectivity index is 2.73. The summed E-state index contributed by atoms with van der Waals surface area (Å²) in [5.41, 5.74) is 1.19. The Bertz CT molecular complexity index is 477. The van der Waals surface area contributed by atoms with Gasteiger partial charge in [-0.25, -0.2) is 17.6 Å². The van der Waals surface area contributed by atoms with E-state index in [2.05, 4.69) is 13.2 Å². The summed E-state index contributed by atoms with van der Waals surface area (Å²) in [7, 11) is 0. The van der Waals surface area contributed by atoms with Gasteiger partial charge in [-0.15, -0.1) is 6.58 Å². The van der Waals surface area contributed by atoms with Crippen LogP contribution in [-0.2, 0) is 6.42 Å². The molecule has 0 saturated heterocycles. The highest BCUT2D eigenvalue weighted by atomic mass is 19.2. The third-order valence-corrected chi connectivity index (χ3v) is 2.84. The molecule has 0 atom stereocenters. The van der Waals surface area contributed by atoms with E-state index in [1.54, 1.807) is 0 Å². The molecule has 4 heteroatoms. The SMILES string of the molecule is C=C(C)CCC(=C)CCc1c(F)c(F)cc(F)c1F. The first-order valence-electron chi connectivity index (χ1n) is 5.95. The predicted molar refractivity (Wildman–Crippen MR) is 67.8 cm³/mol. The van der Waals surface area contributed by atoms with E-state index in [1.165, 1.54) is 0 Å². The zero-order chi connectivity index (χ0) is 14.6. The number of hydrogen-bond donors (Lipinski definition) is 0. The fourth-order valence-corrected chi connectivity index (χ4v) is 1.66. The maximum absolute atomic E-state index is 13.4. The van der Waals surface area contributed by atoms with Gasteiger partial charge in [-0.05, 0) is 32.6 Å². The first kappa shape index (κ1) is 15.5. The van der Waals surface area contributed by atoms with Crippen molar-refractivity contribution in [3.63, 3.8) is 0 Å². The Labute approximate surface area is 110 Å². The standard InChI is InChI=1S/C15H16F4/c1-9(2)4-5-10(3)6-7-11-14(18)12(16)8-13(17)15(11)19/h8H,1,3-7H2,2H3. The van der Waals surface area contributed by atoms with E-state index in [1.807, 2.05) is 6.92 Å². The second kappa shape index (κ2) is 6.55. The largest absolute Gasteiger partial charge is 0.204 e. The first-order chi connectivity index (χ1) is 8.82. The molecule has 0 saturated carbocycles. The van der Waals surface area contributed by atoms with Crippen LogP contribution >= 0.6 is 0 Å². The Morgan fingerprint density at radius 1 is 0.947 bits per heavy atom. The van der Waals surface area contributed by atoms with Gasteiger partial charge >= 0.3 is 0 Å². The zero-order valence-corrected chi connectivity index (χ0v) is 10.8. The summed E-state index contributed by atoms with van der Waals surface area (Å²) < 4.78 is 52.7. The molecule has 1 aromatic rings. The molecular weight excluding hydrogens is 256 g/mol. The van der Waals surface area contributed by atoms with E-state index in [0.29, 0.717) is 6.42 Å². The Morgan fingerprint density at radius 3 is 1.95 bits per heavy atom. The number of halogens is 4. The molecule has 0 aromatic heterocycles. The Hall–Kier alpha value is -1.58. The van der Waals surface area contributed by atoms with E-state index >= 15 is 0 Å². The van der Waals surface area contributed by atoms with Crippen LogP contribution in [0.3, 0.4) is 0 Å². The minimum atomic E-state index is -1.37. The molecule has 0 spiro atoms. The highest BCUT2D eigenvalue weighted by Gasteiger charge is 2.18. The van der Waals surface area contributed by atoms with E-state index in [4.69, 9.17) is 0 Å². The van der Waals surface area contributed by atoms with Crippen molar-refractivity contribution in [3.05, 3.63) is 59.2 Å². The van der Waals surface area contributed by atoms with E-state index < -0.39 is 28.8 Å². The molecule has 1 rings (SSSR count). The average molecular weight is 272 g/mol. The first-order valence-corrected chi connectivity index (χ1v) is 5.95. The van der Waals surface area contributed by atoms with Gasteiger partial charge in [0.25, 0.3) is 0 Å². The van der Waals surface area contributed by atoms with Crippen molar-refractivity contribution in [2.45, 2.75) is 32.6 Å². The fourth-order valence-electron chi connectivity index (χ4n) is 1.66. The van der Waals surface area contributed by atoms with Crippen molar-refractivity contribution in [2.75, 3.05) is 0 Å². The third kappa shape index (κ3) is 4.23.